The molecule has 0 spiro atoms. The average Bonchev–Trinajstić information content (AvgIpc) is 2.64. The second-order valence-electron chi connectivity index (χ2n) is 4.46. The number of nitrogens with zero attached hydrogens (tertiary/aromatic N) is 1. The van der Waals surface area contributed by atoms with E-state index in [-0.39, 0.29) is 5.97 Å². The predicted molar refractivity (Wildman–Crippen MR) is 63.8 cm³/mol. The van der Waals surface area contributed by atoms with E-state index in [1.807, 2.05) is 6.07 Å². The van der Waals surface area contributed by atoms with Gasteiger partial charge < -0.3 is 9.15 Å². The molecular formula is C13H19NO3. The van der Waals surface area contributed by atoms with Crippen LogP contribution in [0, 0.1) is 0 Å². The van der Waals surface area contributed by atoms with E-state index in [0.29, 0.717) is 5.76 Å². The first-order valence-corrected chi connectivity index (χ1v) is 6.18. The molecule has 2 rings (SSSR count). The summed E-state index contributed by atoms with van der Waals surface area (Å²) in [6, 6.07) is 1.86. The van der Waals surface area contributed by atoms with E-state index in [4.69, 9.17) is 9.15 Å². The highest BCUT2D eigenvalue weighted by atomic mass is 16.5. The average molecular weight is 237 g/mol. The number of rotatable bonds is 3. The molecule has 1 aromatic rings. The molecule has 0 saturated carbocycles. The number of carbonyl (C=O) groups is 1. The van der Waals surface area contributed by atoms with E-state index < -0.39 is 0 Å². The Balaban J connectivity index is 2.02. The largest absolute Gasteiger partial charge is 0.463 e. The molecule has 17 heavy (non-hydrogen) atoms. The molecule has 0 bridgehead atoms. The summed E-state index contributed by atoms with van der Waals surface area (Å²) in [5, 5.41) is 0. The Bertz CT molecular complexity index is 364. The molecule has 0 N–H and O–H groups in total. The molecule has 0 unspecified atom stereocenters. The van der Waals surface area contributed by atoms with Crippen molar-refractivity contribution in [3.63, 3.8) is 0 Å². The maximum absolute atomic E-state index is 11.5. The molecule has 0 amide bonds. The summed E-state index contributed by atoms with van der Waals surface area (Å²) in [5.74, 6) is -0.0448. The molecule has 1 aliphatic heterocycles. The lowest BCUT2D eigenvalue weighted by molar-refractivity contribution is 0.0561. The molecule has 2 heterocycles. The number of methoxy groups -OCH3 is 1. The van der Waals surface area contributed by atoms with Crippen LogP contribution < -0.4 is 0 Å². The third-order valence-electron chi connectivity index (χ3n) is 3.21. The normalized spacial score (nSPS) is 17.7. The Kier molecular flexibility index (Phi) is 4.20. The minimum absolute atomic E-state index is 0.344. The van der Waals surface area contributed by atoms with Gasteiger partial charge in [0.2, 0.25) is 5.76 Å². The van der Waals surface area contributed by atoms with Crippen molar-refractivity contribution in [2.24, 2.45) is 0 Å². The summed E-state index contributed by atoms with van der Waals surface area (Å²) in [6.45, 7) is 2.98. The molecule has 0 radical (unpaired) electrons. The second-order valence-corrected chi connectivity index (χ2v) is 4.46. The fraction of sp³-hybridized carbons (Fsp3) is 0.615. The van der Waals surface area contributed by atoms with Gasteiger partial charge in [0, 0.05) is 12.1 Å². The first kappa shape index (κ1) is 12.2. The Labute approximate surface area is 102 Å². The van der Waals surface area contributed by atoms with Gasteiger partial charge in [0.05, 0.1) is 13.4 Å². The van der Waals surface area contributed by atoms with Crippen molar-refractivity contribution in [1.29, 1.82) is 0 Å². The first-order valence-electron chi connectivity index (χ1n) is 6.18. The maximum atomic E-state index is 11.5. The molecule has 0 aromatic carbocycles. The van der Waals surface area contributed by atoms with Gasteiger partial charge in [0.25, 0.3) is 0 Å². The quantitative estimate of drug-likeness (QED) is 0.757. The van der Waals surface area contributed by atoms with Gasteiger partial charge >= 0.3 is 5.97 Å². The van der Waals surface area contributed by atoms with Gasteiger partial charge in [-0.3, -0.25) is 4.90 Å². The molecule has 1 aromatic heterocycles. The molecule has 0 atom stereocenters. The van der Waals surface area contributed by atoms with E-state index in [2.05, 4.69) is 4.90 Å². The van der Waals surface area contributed by atoms with Gasteiger partial charge in [0.15, 0.2) is 0 Å². The number of carbonyl (C=O) groups excluding carboxylic acids is 1. The van der Waals surface area contributed by atoms with Gasteiger partial charge in [-0.15, -0.1) is 0 Å². The first-order chi connectivity index (χ1) is 8.31. The summed E-state index contributed by atoms with van der Waals surface area (Å²) < 4.78 is 9.89. The number of esters is 1. The van der Waals surface area contributed by atoms with Crippen molar-refractivity contribution in [1.82, 2.24) is 4.90 Å². The van der Waals surface area contributed by atoms with Crippen LogP contribution in [0.15, 0.2) is 16.7 Å². The number of hydrogen-bond acceptors (Lipinski definition) is 4. The minimum Gasteiger partial charge on any atom is -0.463 e. The van der Waals surface area contributed by atoms with Crippen LogP contribution in [0.1, 0.15) is 41.8 Å². The molecular weight excluding hydrogens is 218 g/mol. The van der Waals surface area contributed by atoms with Crippen LogP contribution in [0.2, 0.25) is 0 Å². The van der Waals surface area contributed by atoms with Gasteiger partial charge in [-0.1, -0.05) is 12.8 Å². The Morgan fingerprint density at radius 1 is 1.35 bits per heavy atom. The van der Waals surface area contributed by atoms with E-state index in [1.54, 1.807) is 6.26 Å². The molecule has 94 valence electrons. The van der Waals surface area contributed by atoms with Gasteiger partial charge in [-0.2, -0.15) is 0 Å². The number of furan rings is 1. The SMILES string of the molecule is COC(=O)c1occc1CN1CCCCCC1. The van der Waals surface area contributed by atoms with Crippen LogP contribution in [0.4, 0.5) is 0 Å². The third-order valence-corrected chi connectivity index (χ3v) is 3.21. The number of ether oxygens (including phenoxy) is 1. The fourth-order valence-electron chi connectivity index (χ4n) is 2.27. The topological polar surface area (TPSA) is 42.7 Å². The summed E-state index contributed by atoms with van der Waals surface area (Å²) in [5.41, 5.74) is 0.929. The van der Waals surface area contributed by atoms with E-state index >= 15 is 0 Å². The zero-order chi connectivity index (χ0) is 12.1. The summed E-state index contributed by atoms with van der Waals surface area (Å²) in [6.07, 6.45) is 6.66. The molecule has 0 aliphatic carbocycles. The summed E-state index contributed by atoms with van der Waals surface area (Å²) >= 11 is 0. The smallest absolute Gasteiger partial charge is 0.374 e. The Morgan fingerprint density at radius 2 is 2.06 bits per heavy atom. The van der Waals surface area contributed by atoms with E-state index in [1.165, 1.54) is 32.8 Å². The monoisotopic (exact) mass is 237 g/mol. The van der Waals surface area contributed by atoms with Crippen molar-refractivity contribution in [2.75, 3.05) is 20.2 Å². The van der Waals surface area contributed by atoms with Crippen LogP contribution >= 0.6 is 0 Å². The molecule has 1 fully saturated rings. The highest BCUT2D eigenvalue weighted by Crippen LogP contribution is 2.17. The molecule has 1 saturated heterocycles. The van der Waals surface area contributed by atoms with Gasteiger partial charge in [0.1, 0.15) is 0 Å². The zero-order valence-corrected chi connectivity index (χ0v) is 10.3. The van der Waals surface area contributed by atoms with Gasteiger partial charge in [-0.05, 0) is 32.0 Å². The lowest BCUT2D eigenvalue weighted by atomic mass is 10.2. The van der Waals surface area contributed by atoms with Crippen molar-refractivity contribution in [3.8, 4) is 0 Å². The second kappa shape index (κ2) is 5.87. The maximum Gasteiger partial charge on any atom is 0.374 e. The molecule has 4 nitrogen and oxygen atoms in total. The van der Waals surface area contributed by atoms with E-state index in [9.17, 15) is 4.79 Å². The Morgan fingerprint density at radius 3 is 2.71 bits per heavy atom. The van der Waals surface area contributed by atoms with Crippen LogP contribution in [0.3, 0.4) is 0 Å². The van der Waals surface area contributed by atoms with Gasteiger partial charge in [-0.25, -0.2) is 4.79 Å². The summed E-state index contributed by atoms with van der Waals surface area (Å²) in [4.78, 5) is 13.8. The standard InChI is InChI=1S/C13H19NO3/c1-16-13(15)12-11(6-9-17-12)10-14-7-4-2-3-5-8-14/h6,9H,2-5,7-8,10H2,1H3. The minimum atomic E-state index is -0.389. The molecule has 4 heteroatoms. The lowest BCUT2D eigenvalue weighted by Gasteiger charge is -2.19. The van der Waals surface area contributed by atoms with Crippen molar-refractivity contribution >= 4 is 5.97 Å². The summed E-state index contributed by atoms with van der Waals surface area (Å²) in [7, 11) is 1.38. The zero-order valence-electron chi connectivity index (χ0n) is 10.3. The fourth-order valence-corrected chi connectivity index (χ4v) is 2.27. The highest BCUT2D eigenvalue weighted by molar-refractivity contribution is 5.87. The van der Waals surface area contributed by atoms with Crippen LogP contribution in [-0.4, -0.2) is 31.1 Å². The van der Waals surface area contributed by atoms with Crippen LogP contribution in [0.25, 0.3) is 0 Å². The number of likely N-dealkylation sites (tertiary alicyclic amines) is 1. The molecule has 1 aliphatic rings. The third kappa shape index (κ3) is 3.09. The number of hydrogen-bond donors (Lipinski definition) is 0. The van der Waals surface area contributed by atoms with Crippen molar-refractivity contribution in [3.05, 3.63) is 23.7 Å². The van der Waals surface area contributed by atoms with Crippen molar-refractivity contribution < 1.29 is 13.9 Å². The lowest BCUT2D eigenvalue weighted by Crippen LogP contribution is -2.24. The van der Waals surface area contributed by atoms with E-state index in [0.717, 1.165) is 25.2 Å². The predicted octanol–water partition coefficient (Wildman–Crippen LogP) is 2.44. The highest BCUT2D eigenvalue weighted by Gasteiger charge is 2.18. The van der Waals surface area contributed by atoms with Crippen LogP contribution in [0.5, 0.6) is 0 Å². The van der Waals surface area contributed by atoms with Crippen molar-refractivity contribution in [2.45, 2.75) is 32.2 Å². The Hall–Kier alpha value is -1.29. The van der Waals surface area contributed by atoms with Crippen LogP contribution in [-0.2, 0) is 11.3 Å².